The number of nitrogens with two attached hydrogens (primary N) is 4. The van der Waals surface area contributed by atoms with Gasteiger partial charge in [-0.05, 0) is 46.6 Å². The highest BCUT2D eigenvalue weighted by atomic mass is 32.1. The van der Waals surface area contributed by atoms with Gasteiger partial charge in [-0.1, -0.05) is 19.8 Å². The third-order valence-corrected chi connectivity index (χ3v) is 18.9. The number of hydrogen-bond acceptors (Lipinski definition) is 31. The van der Waals surface area contributed by atoms with Gasteiger partial charge in [0.1, 0.15) is 101 Å². The maximum Gasteiger partial charge on any atom is 0.404 e. The predicted molar refractivity (Wildman–Crippen MR) is 339 cm³/mol. The summed E-state index contributed by atoms with van der Waals surface area (Å²) in [7, 11) is 0. The summed E-state index contributed by atoms with van der Waals surface area (Å²) in [4.78, 5) is 133. The van der Waals surface area contributed by atoms with E-state index < -0.39 is 176 Å². The van der Waals surface area contributed by atoms with Gasteiger partial charge in [-0.2, -0.15) is 0 Å². The highest BCUT2D eigenvalue weighted by Gasteiger charge is 2.54. The van der Waals surface area contributed by atoms with Crippen molar-refractivity contribution in [3.63, 3.8) is 0 Å². The van der Waals surface area contributed by atoms with Crippen molar-refractivity contribution in [1.29, 1.82) is 0 Å². The molecule has 4 aromatic rings. The summed E-state index contributed by atoms with van der Waals surface area (Å²) < 4.78 is 28.8. The molecule has 3 aliphatic heterocycles. The highest BCUT2D eigenvalue weighted by molar-refractivity contribution is 7.14. The number of ether oxygens (including phenoxy) is 5. The van der Waals surface area contributed by atoms with Crippen molar-refractivity contribution in [1.82, 2.24) is 66.7 Å². The highest BCUT2D eigenvalue weighted by Crippen LogP contribution is 2.36. The van der Waals surface area contributed by atoms with Gasteiger partial charge in [-0.3, -0.25) is 33.6 Å². The quantitative estimate of drug-likeness (QED) is 0.0156. The van der Waals surface area contributed by atoms with Gasteiger partial charge in [-0.25, -0.2) is 29.7 Å². The van der Waals surface area contributed by atoms with Crippen LogP contribution in [-0.4, -0.2) is 266 Å². The number of imidazole rings is 1. The Labute approximate surface area is 567 Å². The Hall–Kier alpha value is -7.65. The molecular weight excluding hydrogens is 1330 g/mol. The molecule has 7 heterocycles. The molecule has 0 radical (unpaired) electrons. The molecule has 0 aromatic carbocycles. The average molecular weight is 1420 g/mol. The molecule has 38 nitrogen and oxygen atoms in total. The van der Waals surface area contributed by atoms with Gasteiger partial charge in [0.25, 0.3) is 11.8 Å². The molecule has 1 saturated carbocycles. The van der Waals surface area contributed by atoms with E-state index in [-0.39, 0.29) is 60.4 Å². The fourth-order valence-corrected chi connectivity index (χ4v) is 13.0. The zero-order valence-corrected chi connectivity index (χ0v) is 55.4. The molecule has 19 atom stereocenters. The van der Waals surface area contributed by atoms with Crippen LogP contribution in [0.1, 0.15) is 115 Å². The number of aromatic nitrogens is 6. The molecular formula is C58H85N17O21S2. The summed E-state index contributed by atoms with van der Waals surface area (Å²) in [5.41, 5.74) is 22.8. The monoisotopic (exact) mass is 1420 g/mol. The molecule has 1 aliphatic carbocycles. The zero-order chi connectivity index (χ0) is 71.4. The van der Waals surface area contributed by atoms with Crippen LogP contribution in [-0.2, 0) is 54.1 Å². The summed E-state index contributed by atoms with van der Waals surface area (Å²) in [6.45, 7) is 4.04. The number of amides is 8. The first-order valence-corrected chi connectivity index (χ1v) is 33.3. The van der Waals surface area contributed by atoms with E-state index in [9.17, 15) is 74.4 Å². The molecule has 0 bridgehead atoms. The van der Waals surface area contributed by atoms with Crippen LogP contribution >= 0.6 is 22.7 Å². The molecule has 23 N–H and O–H groups in total. The number of thiazole rings is 2. The largest absolute Gasteiger partial charge is 0.441 e. The van der Waals surface area contributed by atoms with Gasteiger partial charge < -0.3 is 129 Å². The molecule has 40 heteroatoms. The first-order valence-electron chi connectivity index (χ1n) is 31.6. The van der Waals surface area contributed by atoms with Gasteiger partial charge in [-0.15, -0.1) is 22.7 Å². The normalized spacial score (nSPS) is 25.9. The minimum atomic E-state index is -2.18. The van der Waals surface area contributed by atoms with Crippen molar-refractivity contribution < 1.29 is 103 Å². The van der Waals surface area contributed by atoms with Crippen LogP contribution in [0.25, 0.3) is 10.7 Å². The van der Waals surface area contributed by atoms with E-state index in [1.807, 2.05) is 0 Å². The standard InChI is InChI=1S/C58H85N17O21S2/c1-22-36(71-49(74-47(22)60)31-14-35(79)75(31)16-27(59)48(61)85)53(89)73-38(44(28-15-63-21-67-28)94-57-46(42(83)40(81)32(17-76)93-57)95-56-43(84)45(96-58(62)91)41(82)33(18-77)92-56)54(90)68-24(3)39(80)23(2)50(86)72-37(25(4)78)52(88)66-13-10-34-69-30(20-97-34)55-70-29(19-98-55)51(87)65-12-7-11-64-26-8-5-6-9-26/h15,19-21,23-27,31-33,37-46,56-57,64,76-78,80-84H,5-14,16-18,59H2,1-4H3,(H2,61,85)(H2,62,91)(H,63,67)(H,65,87)(H,66,88)(H,68,90)(H,72,86)(H,73,89)(H2,60,71,74)/t23-,24+,25+,27-,31?,32?,33?,37-,38-,39-,40?,41?,42?,43?,44-,45?,46?,56?,57?/m0/s1. The number of carbonyl (C=O) groups is 8. The molecule has 4 aliphatic rings. The Bertz CT molecular complexity index is 3400. The number of anilines is 1. The number of rotatable bonds is 33. The van der Waals surface area contributed by atoms with Crippen LogP contribution in [0.15, 0.2) is 23.3 Å². The van der Waals surface area contributed by atoms with Gasteiger partial charge >= 0.3 is 6.09 Å². The Balaban J connectivity index is 0.987. The lowest BCUT2D eigenvalue weighted by Gasteiger charge is -2.47. The van der Waals surface area contributed by atoms with E-state index >= 15 is 4.79 Å². The summed E-state index contributed by atoms with van der Waals surface area (Å²) >= 11 is 2.54. The first kappa shape index (κ1) is 76.1. The molecule has 4 fully saturated rings. The van der Waals surface area contributed by atoms with Gasteiger partial charge in [0.2, 0.25) is 29.5 Å². The summed E-state index contributed by atoms with van der Waals surface area (Å²) in [6.07, 6.45) is -19.0. The Morgan fingerprint density at radius 1 is 0.796 bits per heavy atom. The zero-order valence-electron chi connectivity index (χ0n) is 53.7. The predicted octanol–water partition coefficient (Wildman–Crippen LogP) is -6.28. The van der Waals surface area contributed by atoms with E-state index in [1.165, 1.54) is 76.1 Å². The van der Waals surface area contributed by atoms with Crippen molar-refractivity contribution in [2.75, 3.05) is 45.1 Å². The fraction of sp³-hybridized carbons (Fsp3) is 0.638. The molecule has 0 spiro atoms. The van der Waals surface area contributed by atoms with Crippen molar-refractivity contribution in [3.05, 3.63) is 56.8 Å². The maximum atomic E-state index is 15.2. The fourth-order valence-electron chi connectivity index (χ4n) is 11.3. The molecule has 11 unspecified atom stereocenters. The summed E-state index contributed by atoms with van der Waals surface area (Å²) in [5.74, 6) is -7.91. The van der Waals surface area contributed by atoms with E-state index in [4.69, 9.17) is 46.6 Å². The summed E-state index contributed by atoms with van der Waals surface area (Å²) in [6, 6.07) is -6.97. The summed E-state index contributed by atoms with van der Waals surface area (Å²) in [5, 5.41) is 109. The second kappa shape index (κ2) is 34.4. The Morgan fingerprint density at radius 3 is 2.15 bits per heavy atom. The van der Waals surface area contributed by atoms with Crippen LogP contribution in [0.5, 0.6) is 0 Å². The van der Waals surface area contributed by atoms with Crippen molar-refractivity contribution in [2.45, 2.75) is 189 Å². The number of nitrogens with zero attached hydrogens (tertiary/aromatic N) is 6. The lowest BCUT2D eigenvalue weighted by atomic mass is 9.96. The Kier molecular flexibility index (Phi) is 26.7. The molecule has 98 heavy (non-hydrogen) atoms. The number of hydrogen-bond donors (Lipinski definition) is 19. The van der Waals surface area contributed by atoms with Crippen LogP contribution in [0.3, 0.4) is 0 Å². The lowest BCUT2D eigenvalue weighted by molar-refractivity contribution is -0.372. The molecule has 8 amide bonds. The smallest absolute Gasteiger partial charge is 0.404 e. The van der Waals surface area contributed by atoms with Crippen molar-refractivity contribution in [2.24, 2.45) is 23.1 Å². The van der Waals surface area contributed by atoms with E-state index in [0.29, 0.717) is 28.3 Å². The molecule has 540 valence electrons. The third kappa shape index (κ3) is 18.6. The Morgan fingerprint density at radius 2 is 1.50 bits per heavy atom. The minimum absolute atomic E-state index is 0.000737. The van der Waals surface area contributed by atoms with Crippen LogP contribution in [0.2, 0.25) is 0 Å². The third-order valence-electron chi connectivity index (χ3n) is 17.1. The minimum Gasteiger partial charge on any atom is -0.441 e. The number of H-pyrrole nitrogens is 1. The number of aliphatic hydroxyl groups excluding tert-OH is 8. The number of aliphatic hydroxyl groups is 8. The van der Waals surface area contributed by atoms with Gasteiger partial charge in [0.05, 0.1) is 67.0 Å². The number of aromatic amines is 1. The van der Waals surface area contributed by atoms with E-state index in [1.54, 1.807) is 10.8 Å². The lowest BCUT2D eigenvalue weighted by Crippen LogP contribution is -2.65. The topological polar surface area (TPSA) is 604 Å². The molecule has 8 rings (SSSR count). The number of primary amides is 2. The van der Waals surface area contributed by atoms with Crippen LogP contribution in [0, 0.1) is 12.8 Å². The maximum absolute atomic E-state index is 15.2. The number of nitrogen functional groups attached to an aromatic ring is 1. The first-order chi connectivity index (χ1) is 46.6. The van der Waals surface area contributed by atoms with E-state index in [0.717, 1.165) is 30.4 Å². The van der Waals surface area contributed by atoms with E-state index in [2.05, 4.69) is 61.8 Å². The van der Waals surface area contributed by atoms with Crippen molar-refractivity contribution in [3.8, 4) is 10.7 Å². The second-order valence-electron chi connectivity index (χ2n) is 24.2. The SMILES string of the molecule is Cc1c(N)nc(C2CC(=O)N2C[C@H](N)C(N)=O)nc1C(=O)N[C@H](C(=O)N[C@H](C)[C@@H](O)[C@H](C)C(=O)N[C@H](C(=O)NCCc1nc(-c2nc(C(=O)NCCCNC3CCCC3)cs2)cs1)[C@@H](C)O)[C@@H](OC1OC(CO)C(O)C(O)C1OC1OC(CO)C(O)C(OC(N)=O)C1O)c1cnc[nH]1. The number of carbonyl (C=O) groups excluding carboxylic acids is 8. The number of β-lactam (4-membered cyclic amide) rings is 1. The molecule has 4 aromatic heterocycles. The van der Waals surface area contributed by atoms with Crippen LogP contribution < -0.4 is 54.8 Å². The van der Waals surface area contributed by atoms with Gasteiger partial charge in [0, 0.05) is 48.4 Å². The van der Waals surface area contributed by atoms with Crippen LogP contribution in [0.4, 0.5) is 10.6 Å². The average Bonchev–Trinajstić information content (AvgIpc) is 0.975. The molecule has 3 saturated heterocycles. The number of nitrogens with one attached hydrogen (secondary N) is 7. The van der Waals surface area contributed by atoms with Crippen molar-refractivity contribution >= 4 is 75.9 Å². The second-order valence-corrected chi connectivity index (χ2v) is 26.0. The van der Waals surface area contributed by atoms with Gasteiger partial charge in [0.15, 0.2) is 24.5 Å². The number of likely N-dealkylation sites (tertiary alicyclic amines) is 1.